The van der Waals surface area contributed by atoms with Crippen molar-refractivity contribution in [3.8, 4) is 6.07 Å². The molecule has 0 spiro atoms. The predicted octanol–water partition coefficient (Wildman–Crippen LogP) is 2.19. The first kappa shape index (κ1) is 12.4. The number of anilines is 1. The molecule has 2 aliphatic rings. The van der Waals surface area contributed by atoms with Crippen LogP contribution in [0.15, 0.2) is 59.1 Å². The summed E-state index contributed by atoms with van der Waals surface area (Å²) in [6, 6.07) is 7.44. The summed E-state index contributed by atoms with van der Waals surface area (Å²) in [6.45, 7) is 1.78. The average molecular weight is 268 g/mol. The number of nitrogens with zero attached hydrogens (tertiary/aromatic N) is 3. The van der Waals surface area contributed by atoms with Crippen LogP contribution in [0.1, 0.15) is 6.92 Å². The molecule has 2 N–H and O–H groups in total. The van der Waals surface area contributed by atoms with Crippen molar-refractivity contribution in [2.45, 2.75) is 12.6 Å². The number of pyridine rings is 1. The van der Waals surface area contributed by atoms with E-state index in [0.29, 0.717) is 29.3 Å². The van der Waals surface area contributed by atoms with Crippen LogP contribution >= 0.6 is 0 Å². The van der Waals surface area contributed by atoms with E-state index in [-0.39, 0.29) is 5.57 Å². The second kappa shape index (κ2) is 4.20. The Labute approximate surface area is 116 Å². The number of fused-ring (bicyclic) bond motifs is 1. The zero-order chi connectivity index (χ0) is 14.3. The summed E-state index contributed by atoms with van der Waals surface area (Å²) in [6.07, 6.45) is 4.68. The van der Waals surface area contributed by atoms with Crippen LogP contribution < -0.4 is 10.6 Å². The Kier molecular flexibility index (Phi) is 2.61. The second-order valence-electron chi connectivity index (χ2n) is 4.96. The lowest BCUT2D eigenvalue weighted by Crippen LogP contribution is -2.29. The molecule has 0 aromatic carbocycles. The van der Waals surface area contributed by atoms with Crippen LogP contribution in [-0.2, 0) is 0 Å². The lowest BCUT2D eigenvalue weighted by molar-refractivity contribution is 0.312. The molecule has 4 nitrogen and oxygen atoms in total. The summed E-state index contributed by atoms with van der Waals surface area (Å²) in [7, 11) is 0. The minimum atomic E-state index is -1.79. The van der Waals surface area contributed by atoms with Gasteiger partial charge in [-0.3, -0.25) is 0 Å². The Morgan fingerprint density at radius 2 is 2.30 bits per heavy atom. The van der Waals surface area contributed by atoms with E-state index < -0.39 is 5.67 Å². The Bertz CT molecular complexity index is 692. The molecule has 1 aromatic heterocycles. The maximum Gasteiger partial charge on any atom is 0.163 e. The number of hydrogen-bond donors (Lipinski definition) is 1. The number of hydrogen-bond acceptors (Lipinski definition) is 4. The van der Waals surface area contributed by atoms with Crippen molar-refractivity contribution in [1.82, 2.24) is 4.98 Å². The van der Waals surface area contributed by atoms with Crippen molar-refractivity contribution in [2.75, 3.05) is 11.4 Å². The topological polar surface area (TPSA) is 65.9 Å². The zero-order valence-electron chi connectivity index (χ0n) is 11.0. The quantitative estimate of drug-likeness (QED) is 0.847. The highest BCUT2D eigenvalue weighted by molar-refractivity contribution is 5.70. The van der Waals surface area contributed by atoms with Crippen molar-refractivity contribution in [3.63, 3.8) is 0 Å². The Morgan fingerprint density at radius 1 is 1.50 bits per heavy atom. The van der Waals surface area contributed by atoms with Crippen LogP contribution in [0.4, 0.5) is 10.2 Å². The fraction of sp³-hybridized carbons (Fsp3) is 0.200. The third-order valence-electron chi connectivity index (χ3n) is 3.53. The van der Waals surface area contributed by atoms with Crippen molar-refractivity contribution in [3.05, 3.63) is 59.1 Å². The summed E-state index contributed by atoms with van der Waals surface area (Å²) in [5.41, 5.74) is 6.15. The highest BCUT2D eigenvalue weighted by Crippen LogP contribution is 2.41. The van der Waals surface area contributed by atoms with Crippen LogP contribution in [0.25, 0.3) is 0 Å². The molecule has 1 atom stereocenters. The molecule has 100 valence electrons. The van der Waals surface area contributed by atoms with Gasteiger partial charge in [-0.1, -0.05) is 12.1 Å². The number of allylic oxidation sites excluding steroid dienone is 3. The van der Waals surface area contributed by atoms with E-state index in [1.807, 2.05) is 18.2 Å². The molecular weight excluding hydrogens is 255 g/mol. The van der Waals surface area contributed by atoms with Crippen molar-refractivity contribution >= 4 is 5.82 Å². The molecule has 0 radical (unpaired) electrons. The van der Waals surface area contributed by atoms with Crippen LogP contribution in [0.5, 0.6) is 0 Å². The minimum absolute atomic E-state index is 0.0705. The first-order valence-corrected chi connectivity index (χ1v) is 6.25. The van der Waals surface area contributed by atoms with Crippen molar-refractivity contribution in [2.24, 2.45) is 5.73 Å². The van der Waals surface area contributed by atoms with Gasteiger partial charge in [-0.25, -0.2) is 9.37 Å². The number of rotatable bonds is 1. The van der Waals surface area contributed by atoms with E-state index >= 15 is 0 Å². The van der Waals surface area contributed by atoms with E-state index in [2.05, 4.69) is 4.98 Å². The maximum atomic E-state index is 14.5. The van der Waals surface area contributed by atoms with Gasteiger partial charge in [0.15, 0.2) is 5.67 Å². The molecule has 1 aliphatic carbocycles. The molecule has 2 heterocycles. The van der Waals surface area contributed by atoms with Gasteiger partial charge in [-0.15, -0.1) is 0 Å². The van der Waals surface area contributed by atoms with Crippen LogP contribution in [0.3, 0.4) is 0 Å². The number of halogens is 1. The molecule has 1 aromatic rings. The summed E-state index contributed by atoms with van der Waals surface area (Å²) >= 11 is 0. The predicted molar refractivity (Wildman–Crippen MR) is 74.1 cm³/mol. The number of alkyl halides is 1. The van der Waals surface area contributed by atoms with Crippen LogP contribution in [-0.4, -0.2) is 17.2 Å². The summed E-state index contributed by atoms with van der Waals surface area (Å²) in [5.74, 6) is 0.652. The third kappa shape index (κ3) is 1.69. The molecule has 0 bridgehead atoms. The zero-order valence-corrected chi connectivity index (χ0v) is 11.0. The van der Waals surface area contributed by atoms with E-state index in [9.17, 15) is 9.65 Å². The van der Waals surface area contributed by atoms with Crippen LogP contribution in [0.2, 0.25) is 0 Å². The highest BCUT2D eigenvalue weighted by Gasteiger charge is 2.39. The first-order valence-electron chi connectivity index (χ1n) is 6.25. The van der Waals surface area contributed by atoms with Crippen molar-refractivity contribution < 1.29 is 4.39 Å². The molecule has 20 heavy (non-hydrogen) atoms. The van der Waals surface area contributed by atoms with E-state index in [1.165, 1.54) is 13.0 Å². The van der Waals surface area contributed by atoms with Gasteiger partial charge in [0.25, 0.3) is 0 Å². The maximum absolute atomic E-state index is 14.5. The minimum Gasteiger partial charge on any atom is -0.400 e. The molecule has 0 saturated carbocycles. The lowest BCUT2D eigenvalue weighted by Gasteiger charge is -2.27. The van der Waals surface area contributed by atoms with Crippen molar-refractivity contribution in [1.29, 1.82) is 5.26 Å². The average Bonchev–Trinajstić information content (AvgIpc) is 2.76. The molecule has 0 saturated heterocycles. The molecule has 3 rings (SSSR count). The summed E-state index contributed by atoms with van der Waals surface area (Å²) < 4.78 is 14.5. The van der Waals surface area contributed by atoms with E-state index in [1.54, 1.807) is 23.2 Å². The Balaban J connectivity index is 2.19. The van der Waals surface area contributed by atoms with E-state index in [4.69, 9.17) is 5.73 Å². The number of nitriles is 1. The monoisotopic (exact) mass is 268 g/mol. The fourth-order valence-electron chi connectivity index (χ4n) is 2.51. The normalized spacial score (nSPS) is 24.9. The third-order valence-corrected chi connectivity index (χ3v) is 3.53. The molecule has 5 heteroatoms. The lowest BCUT2D eigenvalue weighted by atomic mass is 9.88. The first-order chi connectivity index (χ1) is 9.54. The standard InChI is InChI=1S/C15H13FN4/c1-15(16)6-5-10-12(18)9-20(14(10)11(15)8-17)13-4-2-3-7-19-13/h2-7H,9,18H2,1H3. The highest BCUT2D eigenvalue weighted by atomic mass is 19.1. The summed E-state index contributed by atoms with van der Waals surface area (Å²) in [4.78, 5) is 6.04. The van der Waals surface area contributed by atoms with Gasteiger partial charge in [0.1, 0.15) is 11.9 Å². The van der Waals surface area contributed by atoms with E-state index in [0.717, 1.165) is 0 Å². The Morgan fingerprint density at radius 3 is 2.95 bits per heavy atom. The Hall–Kier alpha value is -2.61. The molecule has 0 amide bonds. The van der Waals surface area contributed by atoms with Crippen LogP contribution in [0, 0.1) is 11.3 Å². The second-order valence-corrected chi connectivity index (χ2v) is 4.96. The smallest absolute Gasteiger partial charge is 0.163 e. The largest absolute Gasteiger partial charge is 0.400 e. The SMILES string of the molecule is CC1(F)C=CC2=C(N)CN(c3ccccn3)C2=C1C#N. The molecular formula is C15H13FN4. The fourth-order valence-corrected chi connectivity index (χ4v) is 2.51. The molecule has 1 aliphatic heterocycles. The van der Waals surface area contributed by atoms with Gasteiger partial charge in [0, 0.05) is 17.5 Å². The van der Waals surface area contributed by atoms with Gasteiger partial charge in [-0.2, -0.15) is 5.26 Å². The molecule has 1 unspecified atom stereocenters. The van der Waals surface area contributed by atoms with Gasteiger partial charge < -0.3 is 10.6 Å². The number of nitrogens with two attached hydrogens (primary N) is 1. The number of aromatic nitrogens is 1. The van der Waals surface area contributed by atoms with Gasteiger partial charge >= 0.3 is 0 Å². The summed E-state index contributed by atoms with van der Waals surface area (Å²) in [5, 5.41) is 9.33. The van der Waals surface area contributed by atoms with Gasteiger partial charge in [-0.05, 0) is 25.1 Å². The van der Waals surface area contributed by atoms with Gasteiger partial charge in [0.05, 0.1) is 17.8 Å². The van der Waals surface area contributed by atoms with Gasteiger partial charge in [0.2, 0.25) is 0 Å². The molecule has 0 fully saturated rings.